The van der Waals surface area contributed by atoms with Gasteiger partial charge in [-0.25, -0.2) is 4.99 Å². The van der Waals surface area contributed by atoms with E-state index in [1.165, 1.54) is 0 Å². The van der Waals surface area contributed by atoms with Crippen LogP contribution in [0.25, 0.3) is 0 Å². The third-order valence-electron chi connectivity index (χ3n) is 3.96. The van der Waals surface area contributed by atoms with E-state index >= 15 is 0 Å². The Hall–Kier alpha value is -2.24. The van der Waals surface area contributed by atoms with Crippen molar-refractivity contribution in [1.82, 2.24) is 15.5 Å². The summed E-state index contributed by atoms with van der Waals surface area (Å²) >= 11 is 0. The van der Waals surface area contributed by atoms with E-state index in [0.29, 0.717) is 12.6 Å². The minimum absolute atomic E-state index is 0.0148. The number of hydrogen-bond acceptors (Lipinski definition) is 3. The molecule has 0 fully saturated rings. The van der Waals surface area contributed by atoms with Gasteiger partial charge in [-0.15, -0.1) is 0 Å². The second-order valence-corrected chi connectivity index (χ2v) is 6.11. The molecule has 132 valence electrons. The van der Waals surface area contributed by atoms with Crippen LogP contribution < -0.4 is 15.4 Å². The first-order valence-corrected chi connectivity index (χ1v) is 8.58. The van der Waals surface area contributed by atoms with Crippen LogP contribution in [0.15, 0.2) is 29.3 Å². The molecule has 0 radical (unpaired) electrons. The van der Waals surface area contributed by atoms with Crippen LogP contribution in [0.1, 0.15) is 37.8 Å². The predicted octanol–water partition coefficient (Wildman–Crippen LogP) is 1.93. The number of fused-ring (bicyclic) bond motifs is 1. The fraction of sp³-hybridized carbons (Fsp3) is 0.556. The molecule has 1 amide bonds. The normalized spacial score (nSPS) is 16.8. The fourth-order valence-corrected chi connectivity index (χ4v) is 2.48. The highest BCUT2D eigenvalue weighted by Crippen LogP contribution is 2.31. The van der Waals surface area contributed by atoms with E-state index in [1.54, 1.807) is 19.0 Å². The molecular formula is C18H28N4O2. The maximum absolute atomic E-state index is 11.8. The molecule has 1 aliphatic heterocycles. The number of amides is 1. The van der Waals surface area contributed by atoms with E-state index in [-0.39, 0.29) is 18.5 Å². The maximum atomic E-state index is 11.8. The number of hydrogen-bond donors (Lipinski definition) is 2. The third-order valence-corrected chi connectivity index (χ3v) is 3.96. The van der Waals surface area contributed by atoms with Crippen molar-refractivity contribution < 1.29 is 9.53 Å². The Bertz CT molecular complexity index is 572. The lowest BCUT2D eigenvalue weighted by molar-refractivity contribution is -0.127. The number of rotatable bonds is 6. The van der Waals surface area contributed by atoms with Crippen molar-refractivity contribution in [2.24, 2.45) is 4.99 Å². The Morgan fingerprint density at radius 1 is 1.38 bits per heavy atom. The van der Waals surface area contributed by atoms with Crippen LogP contribution in [-0.4, -0.2) is 50.6 Å². The average Bonchev–Trinajstić information content (AvgIpc) is 2.59. The quantitative estimate of drug-likeness (QED) is 0.475. The zero-order valence-corrected chi connectivity index (χ0v) is 14.8. The minimum Gasteiger partial charge on any atom is -0.493 e. The number of benzene rings is 1. The highest BCUT2D eigenvalue weighted by molar-refractivity contribution is 5.85. The first kappa shape index (κ1) is 18.1. The summed E-state index contributed by atoms with van der Waals surface area (Å²) in [5, 5.41) is 6.77. The SMILES string of the molecule is CCCCNC(=NCC(=O)N(C)C)NC1CCOc2ccccc21. The van der Waals surface area contributed by atoms with Crippen LogP contribution in [-0.2, 0) is 4.79 Å². The predicted molar refractivity (Wildman–Crippen MR) is 96.3 cm³/mol. The second-order valence-electron chi connectivity index (χ2n) is 6.11. The average molecular weight is 332 g/mol. The molecule has 0 bridgehead atoms. The highest BCUT2D eigenvalue weighted by Gasteiger charge is 2.22. The summed E-state index contributed by atoms with van der Waals surface area (Å²) in [6.07, 6.45) is 3.04. The zero-order valence-electron chi connectivity index (χ0n) is 14.8. The third kappa shape index (κ3) is 5.15. The number of para-hydroxylation sites is 1. The molecule has 0 saturated heterocycles. The highest BCUT2D eigenvalue weighted by atomic mass is 16.5. The molecule has 1 heterocycles. The summed E-state index contributed by atoms with van der Waals surface area (Å²) in [6, 6.07) is 8.18. The van der Waals surface area contributed by atoms with Crippen LogP contribution in [0.2, 0.25) is 0 Å². The Balaban J connectivity index is 2.07. The van der Waals surface area contributed by atoms with E-state index in [0.717, 1.165) is 37.1 Å². The monoisotopic (exact) mass is 332 g/mol. The Kier molecular flexibility index (Phi) is 6.90. The van der Waals surface area contributed by atoms with Gasteiger partial charge < -0.3 is 20.3 Å². The van der Waals surface area contributed by atoms with Crippen LogP contribution in [0.5, 0.6) is 5.75 Å². The molecule has 1 atom stereocenters. The van der Waals surface area contributed by atoms with E-state index < -0.39 is 0 Å². The van der Waals surface area contributed by atoms with Gasteiger partial charge in [-0.05, 0) is 12.5 Å². The Morgan fingerprint density at radius 3 is 2.92 bits per heavy atom. The molecule has 1 aromatic carbocycles. The molecular weight excluding hydrogens is 304 g/mol. The first-order chi connectivity index (χ1) is 11.6. The summed E-state index contributed by atoms with van der Waals surface area (Å²) in [7, 11) is 3.48. The molecule has 0 saturated carbocycles. The number of guanidine groups is 1. The summed E-state index contributed by atoms with van der Waals surface area (Å²) < 4.78 is 5.70. The number of carbonyl (C=O) groups excluding carboxylic acids is 1. The smallest absolute Gasteiger partial charge is 0.243 e. The Labute approximate surface area is 144 Å². The van der Waals surface area contributed by atoms with Gasteiger partial charge in [0, 0.05) is 32.6 Å². The van der Waals surface area contributed by atoms with Gasteiger partial charge in [-0.1, -0.05) is 31.5 Å². The van der Waals surface area contributed by atoms with Crippen LogP contribution in [0, 0.1) is 0 Å². The molecule has 1 aliphatic rings. The van der Waals surface area contributed by atoms with Crippen molar-refractivity contribution in [2.75, 3.05) is 33.8 Å². The topological polar surface area (TPSA) is 66.0 Å². The van der Waals surface area contributed by atoms with Crippen LogP contribution in [0.3, 0.4) is 0 Å². The molecule has 0 spiro atoms. The molecule has 1 unspecified atom stereocenters. The lowest BCUT2D eigenvalue weighted by Gasteiger charge is -2.28. The van der Waals surface area contributed by atoms with Crippen molar-refractivity contribution in [3.05, 3.63) is 29.8 Å². The first-order valence-electron chi connectivity index (χ1n) is 8.58. The van der Waals surface area contributed by atoms with Crippen LogP contribution in [0.4, 0.5) is 0 Å². The number of unbranched alkanes of at least 4 members (excludes halogenated alkanes) is 1. The van der Waals surface area contributed by atoms with Crippen LogP contribution >= 0.6 is 0 Å². The van der Waals surface area contributed by atoms with Gasteiger partial charge in [-0.2, -0.15) is 0 Å². The lowest BCUT2D eigenvalue weighted by atomic mass is 10.0. The van der Waals surface area contributed by atoms with Crippen molar-refractivity contribution in [3.63, 3.8) is 0 Å². The van der Waals surface area contributed by atoms with Gasteiger partial charge in [0.05, 0.1) is 12.6 Å². The van der Waals surface area contributed by atoms with E-state index in [9.17, 15) is 4.79 Å². The molecule has 0 aliphatic carbocycles. The molecule has 1 aromatic rings. The largest absolute Gasteiger partial charge is 0.493 e. The van der Waals surface area contributed by atoms with Gasteiger partial charge in [0.15, 0.2) is 5.96 Å². The zero-order chi connectivity index (χ0) is 17.4. The number of nitrogens with zero attached hydrogens (tertiary/aromatic N) is 2. The van der Waals surface area contributed by atoms with Gasteiger partial charge in [0.2, 0.25) is 5.91 Å². The number of carbonyl (C=O) groups is 1. The standard InChI is InChI=1S/C18H28N4O2/c1-4-5-11-19-18(20-13-17(23)22(2)3)21-15-10-12-24-16-9-7-6-8-14(15)16/h6-9,15H,4-5,10-13H2,1-3H3,(H2,19,20,21). The minimum atomic E-state index is -0.0148. The van der Waals surface area contributed by atoms with Gasteiger partial charge in [0.25, 0.3) is 0 Å². The van der Waals surface area contributed by atoms with Crippen molar-refractivity contribution in [2.45, 2.75) is 32.2 Å². The molecule has 2 rings (SSSR count). The Morgan fingerprint density at radius 2 is 2.17 bits per heavy atom. The summed E-state index contributed by atoms with van der Waals surface area (Å²) in [5.74, 6) is 1.58. The number of aliphatic imine (C=N–C) groups is 1. The number of ether oxygens (including phenoxy) is 1. The summed E-state index contributed by atoms with van der Waals surface area (Å²) in [6.45, 7) is 3.80. The van der Waals surface area contributed by atoms with Gasteiger partial charge in [-0.3, -0.25) is 4.79 Å². The summed E-state index contributed by atoms with van der Waals surface area (Å²) in [5.41, 5.74) is 1.13. The fourth-order valence-electron chi connectivity index (χ4n) is 2.48. The van der Waals surface area contributed by atoms with Crippen molar-refractivity contribution in [1.29, 1.82) is 0 Å². The molecule has 6 nitrogen and oxygen atoms in total. The number of likely N-dealkylation sites (N-methyl/N-ethyl adjacent to an activating group) is 1. The lowest BCUT2D eigenvalue weighted by Crippen LogP contribution is -2.42. The van der Waals surface area contributed by atoms with Gasteiger partial charge in [0.1, 0.15) is 12.3 Å². The summed E-state index contributed by atoms with van der Waals surface area (Å²) in [4.78, 5) is 17.8. The molecule has 24 heavy (non-hydrogen) atoms. The van der Waals surface area contributed by atoms with Crippen molar-refractivity contribution >= 4 is 11.9 Å². The molecule has 2 N–H and O–H groups in total. The van der Waals surface area contributed by atoms with Crippen molar-refractivity contribution in [3.8, 4) is 5.75 Å². The van der Waals surface area contributed by atoms with E-state index in [1.807, 2.05) is 18.2 Å². The van der Waals surface area contributed by atoms with E-state index in [2.05, 4.69) is 28.6 Å². The number of nitrogens with one attached hydrogen (secondary N) is 2. The van der Waals surface area contributed by atoms with E-state index in [4.69, 9.17) is 4.74 Å². The maximum Gasteiger partial charge on any atom is 0.243 e. The molecule has 0 aromatic heterocycles. The molecule has 6 heteroatoms. The second kappa shape index (κ2) is 9.15. The van der Waals surface area contributed by atoms with Gasteiger partial charge >= 0.3 is 0 Å².